The molecule has 1 aromatic carbocycles. The van der Waals surface area contributed by atoms with Crippen LogP contribution < -0.4 is 10.2 Å². The van der Waals surface area contributed by atoms with Gasteiger partial charge >= 0.3 is 0 Å². The Morgan fingerprint density at radius 1 is 1.40 bits per heavy atom. The van der Waals surface area contributed by atoms with Crippen molar-refractivity contribution in [3.63, 3.8) is 0 Å². The van der Waals surface area contributed by atoms with Crippen molar-refractivity contribution in [2.75, 3.05) is 7.11 Å². The highest BCUT2D eigenvalue weighted by atomic mass is 35.5. The van der Waals surface area contributed by atoms with Crippen LogP contribution in [0.4, 0.5) is 0 Å². The van der Waals surface area contributed by atoms with Crippen molar-refractivity contribution >= 4 is 22.6 Å². The average molecular weight is 225 g/mol. The predicted octanol–water partition coefficient (Wildman–Crippen LogP) is 2.54. The summed E-state index contributed by atoms with van der Waals surface area (Å²) in [5.41, 5.74) is 1.12. The highest BCUT2D eigenvalue weighted by Gasteiger charge is 2.10. The molecule has 2 rings (SSSR count). The summed E-state index contributed by atoms with van der Waals surface area (Å²) in [6, 6.07) is 4.78. The largest absolute Gasteiger partial charge is 0.496 e. The number of hydrogen-bond donors (Lipinski definition) is 0. The summed E-state index contributed by atoms with van der Waals surface area (Å²) < 4.78 is 10.4. The molecule has 0 aliphatic heterocycles. The van der Waals surface area contributed by atoms with Gasteiger partial charge in [0.1, 0.15) is 11.3 Å². The molecule has 15 heavy (non-hydrogen) atoms. The second kappa shape index (κ2) is 3.95. The number of ether oxygens (including phenoxy) is 1. The summed E-state index contributed by atoms with van der Waals surface area (Å²) in [5, 5.41) is 0.522. The Morgan fingerprint density at radius 3 is 2.87 bits per heavy atom. The Morgan fingerprint density at radius 2 is 2.20 bits per heavy atom. The molecule has 0 bridgehead atoms. The Hall–Kier alpha value is -1.48. The minimum absolute atomic E-state index is 0.0785. The van der Waals surface area contributed by atoms with E-state index in [4.69, 9.17) is 20.8 Å². The van der Waals surface area contributed by atoms with Gasteiger partial charge in [-0.15, -0.1) is 11.6 Å². The summed E-state index contributed by atoms with van der Waals surface area (Å²) >= 11 is 5.80. The lowest BCUT2D eigenvalue weighted by molar-refractivity contribution is 0.410. The van der Waals surface area contributed by atoms with E-state index in [1.165, 1.54) is 12.3 Å². The molecule has 0 spiro atoms. The zero-order chi connectivity index (χ0) is 10.8. The molecule has 3 nitrogen and oxygen atoms in total. The summed E-state index contributed by atoms with van der Waals surface area (Å²) in [5.74, 6) is 0.875. The van der Waals surface area contributed by atoms with Crippen molar-refractivity contribution in [1.82, 2.24) is 0 Å². The number of methoxy groups -OCH3 is 1. The molecule has 0 N–H and O–H groups in total. The number of hydrogen-bond acceptors (Lipinski definition) is 3. The van der Waals surface area contributed by atoms with Crippen molar-refractivity contribution < 1.29 is 9.15 Å². The van der Waals surface area contributed by atoms with Crippen LogP contribution in [0.25, 0.3) is 11.0 Å². The average Bonchev–Trinajstić information content (AvgIpc) is 2.28. The van der Waals surface area contributed by atoms with Gasteiger partial charge in [-0.2, -0.15) is 0 Å². The SMILES string of the molecule is COc1ccc2c(=O)ccoc2c1CCl. The van der Waals surface area contributed by atoms with Crippen molar-refractivity contribution in [2.45, 2.75) is 5.88 Å². The third-order valence-electron chi connectivity index (χ3n) is 2.24. The maximum absolute atomic E-state index is 11.5. The first kappa shape index (κ1) is 10.1. The lowest BCUT2D eigenvalue weighted by atomic mass is 10.1. The standard InChI is InChI=1S/C11H9ClO3/c1-14-10-3-2-7-9(13)4-5-15-11(7)8(10)6-12/h2-5H,6H2,1H3. The normalized spacial score (nSPS) is 10.5. The van der Waals surface area contributed by atoms with Gasteiger partial charge in [0.25, 0.3) is 0 Å². The van der Waals surface area contributed by atoms with Crippen LogP contribution in [0.15, 0.2) is 33.7 Å². The summed E-state index contributed by atoms with van der Waals surface area (Å²) in [6.45, 7) is 0. The minimum Gasteiger partial charge on any atom is -0.496 e. The quantitative estimate of drug-likeness (QED) is 0.736. The summed E-state index contributed by atoms with van der Waals surface area (Å²) in [7, 11) is 1.55. The van der Waals surface area contributed by atoms with E-state index < -0.39 is 0 Å². The number of alkyl halides is 1. The number of halogens is 1. The van der Waals surface area contributed by atoms with Crippen LogP contribution in [0.2, 0.25) is 0 Å². The maximum atomic E-state index is 11.5. The van der Waals surface area contributed by atoms with Crippen molar-refractivity contribution in [3.8, 4) is 5.75 Å². The van der Waals surface area contributed by atoms with Crippen LogP contribution in [0, 0.1) is 0 Å². The highest BCUT2D eigenvalue weighted by Crippen LogP contribution is 2.27. The number of benzene rings is 1. The van der Waals surface area contributed by atoms with Gasteiger partial charge in [-0.3, -0.25) is 4.79 Å². The molecule has 0 atom stereocenters. The van der Waals surface area contributed by atoms with E-state index in [1.807, 2.05) is 0 Å². The van der Waals surface area contributed by atoms with Gasteiger partial charge in [0.15, 0.2) is 5.43 Å². The Kier molecular flexibility index (Phi) is 2.64. The molecule has 4 heteroatoms. The first-order valence-corrected chi connectivity index (χ1v) is 4.94. The monoisotopic (exact) mass is 224 g/mol. The highest BCUT2D eigenvalue weighted by molar-refractivity contribution is 6.18. The van der Waals surface area contributed by atoms with Crippen LogP contribution in [-0.2, 0) is 5.88 Å². The van der Waals surface area contributed by atoms with Gasteiger partial charge in [0.2, 0.25) is 0 Å². The third kappa shape index (κ3) is 1.59. The van der Waals surface area contributed by atoms with Crippen LogP contribution >= 0.6 is 11.6 Å². The smallest absolute Gasteiger partial charge is 0.192 e. The Bertz CT molecular complexity index is 545. The Labute approximate surface area is 91.2 Å². The third-order valence-corrected chi connectivity index (χ3v) is 2.51. The van der Waals surface area contributed by atoms with Gasteiger partial charge < -0.3 is 9.15 Å². The molecule has 2 aromatic rings. The minimum atomic E-state index is -0.0785. The van der Waals surface area contributed by atoms with Gasteiger partial charge in [0, 0.05) is 6.07 Å². The lowest BCUT2D eigenvalue weighted by Crippen LogP contribution is -2.00. The molecule has 0 amide bonds. The van der Waals surface area contributed by atoms with Crippen LogP contribution in [0.1, 0.15) is 5.56 Å². The molecule has 0 aliphatic rings. The number of rotatable bonds is 2. The van der Waals surface area contributed by atoms with E-state index in [2.05, 4.69) is 0 Å². The molecule has 1 aromatic heterocycles. The fourth-order valence-corrected chi connectivity index (χ4v) is 1.76. The van der Waals surface area contributed by atoms with Crippen molar-refractivity contribution in [1.29, 1.82) is 0 Å². The van der Waals surface area contributed by atoms with Crippen LogP contribution in [0.5, 0.6) is 5.75 Å². The van der Waals surface area contributed by atoms with Gasteiger partial charge in [-0.1, -0.05) is 0 Å². The molecule has 0 radical (unpaired) electrons. The lowest BCUT2D eigenvalue weighted by Gasteiger charge is -2.07. The summed E-state index contributed by atoms with van der Waals surface area (Å²) in [4.78, 5) is 11.5. The van der Waals surface area contributed by atoms with E-state index in [0.717, 1.165) is 0 Å². The number of fused-ring (bicyclic) bond motifs is 1. The topological polar surface area (TPSA) is 39.4 Å². The zero-order valence-electron chi connectivity index (χ0n) is 8.12. The van der Waals surface area contributed by atoms with Gasteiger partial charge in [-0.05, 0) is 12.1 Å². The first-order chi connectivity index (χ1) is 7.27. The first-order valence-electron chi connectivity index (χ1n) is 4.41. The molecule has 0 aliphatic carbocycles. The van der Waals surface area contributed by atoms with E-state index in [0.29, 0.717) is 22.3 Å². The van der Waals surface area contributed by atoms with Crippen molar-refractivity contribution in [3.05, 3.63) is 40.2 Å². The van der Waals surface area contributed by atoms with Crippen molar-refractivity contribution in [2.24, 2.45) is 0 Å². The fraction of sp³-hybridized carbons (Fsp3) is 0.182. The van der Waals surface area contributed by atoms with E-state index >= 15 is 0 Å². The fourth-order valence-electron chi connectivity index (χ4n) is 1.51. The van der Waals surface area contributed by atoms with Crippen LogP contribution in [-0.4, -0.2) is 7.11 Å². The van der Waals surface area contributed by atoms with E-state index in [1.54, 1.807) is 19.2 Å². The molecular formula is C11H9ClO3. The second-order valence-electron chi connectivity index (χ2n) is 3.04. The van der Waals surface area contributed by atoms with Crippen LogP contribution in [0.3, 0.4) is 0 Å². The van der Waals surface area contributed by atoms with Gasteiger partial charge in [0.05, 0.1) is 30.2 Å². The molecule has 0 unspecified atom stereocenters. The molecular weight excluding hydrogens is 216 g/mol. The van der Waals surface area contributed by atoms with E-state index in [-0.39, 0.29) is 11.3 Å². The Balaban J connectivity index is 2.88. The maximum Gasteiger partial charge on any atom is 0.192 e. The second-order valence-corrected chi connectivity index (χ2v) is 3.31. The molecule has 0 fully saturated rings. The molecule has 78 valence electrons. The molecule has 1 heterocycles. The summed E-state index contributed by atoms with van der Waals surface area (Å²) in [6.07, 6.45) is 1.36. The molecule has 0 saturated carbocycles. The van der Waals surface area contributed by atoms with Gasteiger partial charge in [-0.25, -0.2) is 0 Å². The van der Waals surface area contributed by atoms with E-state index in [9.17, 15) is 4.79 Å². The zero-order valence-corrected chi connectivity index (χ0v) is 8.88. The predicted molar refractivity (Wildman–Crippen MR) is 58.6 cm³/mol. The molecule has 0 saturated heterocycles.